The maximum absolute atomic E-state index is 13.0. The van der Waals surface area contributed by atoms with E-state index < -0.39 is 17.9 Å². The van der Waals surface area contributed by atoms with Gasteiger partial charge in [0.2, 0.25) is 5.75 Å². The van der Waals surface area contributed by atoms with Gasteiger partial charge in [-0.1, -0.05) is 117 Å². The van der Waals surface area contributed by atoms with Crippen LogP contribution in [-0.4, -0.2) is 42.8 Å². The van der Waals surface area contributed by atoms with Crippen molar-refractivity contribution in [2.45, 2.75) is 149 Å². The number of amides is 1. The van der Waals surface area contributed by atoms with E-state index in [-0.39, 0.29) is 0 Å². The Kier molecular flexibility index (Phi) is 21.6. The molecule has 1 unspecified atom stereocenters. The summed E-state index contributed by atoms with van der Waals surface area (Å²) in [5.74, 6) is -0.0536. The molecule has 1 rings (SSSR count). The molecule has 0 aliphatic heterocycles. The number of nitrogens with one attached hydrogen (secondary N) is 1. The average Bonchev–Trinajstić information content (AvgIpc) is 2.96. The molecule has 0 saturated carbocycles. The summed E-state index contributed by atoms with van der Waals surface area (Å²) in [5, 5.41) is 11.8. The fourth-order valence-electron chi connectivity index (χ4n) is 4.59. The molecule has 0 aliphatic rings. The van der Waals surface area contributed by atoms with Crippen LogP contribution in [0.5, 0.6) is 17.2 Å². The maximum atomic E-state index is 13.0. The van der Waals surface area contributed by atoms with Crippen LogP contribution in [0.3, 0.4) is 0 Å². The molecule has 0 aliphatic carbocycles. The lowest BCUT2D eigenvalue weighted by atomic mass is 10.1. The molecule has 0 aromatic heterocycles. The van der Waals surface area contributed by atoms with Crippen LogP contribution in [0.15, 0.2) is 12.1 Å². The minimum absolute atomic E-state index is 0.306. The van der Waals surface area contributed by atoms with Crippen LogP contribution in [0.2, 0.25) is 0 Å². The summed E-state index contributed by atoms with van der Waals surface area (Å²) in [6.45, 7) is 9.68. The molecule has 2 N–H and O–H groups in total. The normalized spacial score (nSPS) is 11.7. The summed E-state index contributed by atoms with van der Waals surface area (Å²) >= 11 is 0. The first-order chi connectivity index (χ1) is 19.9. The van der Waals surface area contributed by atoms with Crippen molar-refractivity contribution in [2.24, 2.45) is 0 Å². The van der Waals surface area contributed by atoms with Crippen molar-refractivity contribution in [1.29, 1.82) is 0 Å². The average molecular weight is 578 g/mol. The van der Waals surface area contributed by atoms with Crippen molar-refractivity contribution >= 4 is 11.9 Å². The monoisotopic (exact) mass is 577 g/mol. The third-order valence-corrected chi connectivity index (χ3v) is 7.26. The number of benzene rings is 1. The Labute approximate surface area is 250 Å². The molecule has 236 valence electrons. The highest BCUT2D eigenvalue weighted by Gasteiger charge is 2.21. The van der Waals surface area contributed by atoms with Gasteiger partial charge in [-0.15, -0.1) is 0 Å². The van der Waals surface area contributed by atoms with Gasteiger partial charge >= 0.3 is 5.97 Å². The van der Waals surface area contributed by atoms with Gasteiger partial charge in [0, 0.05) is 5.56 Å². The molecule has 0 radical (unpaired) electrons. The van der Waals surface area contributed by atoms with Crippen LogP contribution >= 0.6 is 0 Å². The Balaban J connectivity index is 3.04. The number of carbonyl (C=O) groups is 2. The van der Waals surface area contributed by atoms with Gasteiger partial charge in [-0.3, -0.25) is 9.59 Å². The highest BCUT2D eigenvalue weighted by molar-refractivity contribution is 5.97. The third-order valence-electron chi connectivity index (χ3n) is 7.26. The molecule has 0 spiro atoms. The first-order valence-corrected chi connectivity index (χ1v) is 16.5. The van der Waals surface area contributed by atoms with Crippen LogP contribution in [0, 0.1) is 0 Å². The van der Waals surface area contributed by atoms with Gasteiger partial charge in [0.1, 0.15) is 6.04 Å². The zero-order chi connectivity index (χ0) is 30.1. The third kappa shape index (κ3) is 17.2. The molecule has 7 heteroatoms. The Morgan fingerprint density at radius 1 is 0.634 bits per heavy atom. The van der Waals surface area contributed by atoms with Crippen molar-refractivity contribution in [3.63, 3.8) is 0 Å². The van der Waals surface area contributed by atoms with E-state index in [0.717, 1.165) is 38.5 Å². The van der Waals surface area contributed by atoms with Gasteiger partial charge < -0.3 is 24.6 Å². The predicted molar refractivity (Wildman–Crippen MR) is 168 cm³/mol. The van der Waals surface area contributed by atoms with Gasteiger partial charge in [-0.2, -0.15) is 0 Å². The Morgan fingerprint density at radius 2 is 1.00 bits per heavy atom. The number of carboxylic acids is 1. The van der Waals surface area contributed by atoms with Crippen molar-refractivity contribution in [2.75, 3.05) is 19.8 Å². The number of carboxylic acid groups (broad SMARTS) is 1. The Bertz CT molecular complexity index is 788. The summed E-state index contributed by atoms with van der Waals surface area (Å²) in [5.41, 5.74) is 0.306. The van der Waals surface area contributed by atoms with E-state index in [2.05, 4.69) is 26.1 Å². The van der Waals surface area contributed by atoms with Gasteiger partial charge in [-0.05, 0) is 38.3 Å². The number of ether oxygens (including phenoxy) is 3. The summed E-state index contributed by atoms with van der Waals surface area (Å²) in [6, 6.07) is 2.32. The molecule has 0 heterocycles. The second kappa shape index (κ2) is 24.2. The fraction of sp³-hybridized carbons (Fsp3) is 0.765. The van der Waals surface area contributed by atoms with Crippen LogP contribution < -0.4 is 19.5 Å². The number of carbonyl (C=O) groups excluding carboxylic acids is 1. The topological polar surface area (TPSA) is 94.1 Å². The molecule has 0 saturated heterocycles. The van der Waals surface area contributed by atoms with E-state index in [4.69, 9.17) is 14.2 Å². The number of rotatable bonds is 27. The zero-order valence-electron chi connectivity index (χ0n) is 26.6. The summed E-state index contributed by atoms with van der Waals surface area (Å²) < 4.78 is 18.7. The van der Waals surface area contributed by atoms with E-state index in [1.54, 1.807) is 12.1 Å². The minimum Gasteiger partial charge on any atom is -0.490 e. The van der Waals surface area contributed by atoms with E-state index in [0.29, 0.717) is 42.6 Å². The molecule has 1 atom stereocenters. The van der Waals surface area contributed by atoms with Crippen molar-refractivity contribution in [3.8, 4) is 17.2 Å². The Hall–Kier alpha value is -2.44. The van der Waals surface area contributed by atoms with E-state index in [1.807, 2.05) is 0 Å². The van der Waals surface area contributed by atoms with Crippen molar-refractivity contribution < 1.29 is 28.9 Å². The highest BCUT2D eigenvalue weighted by Crippen LogP contribution is 2.39. The van der Waals surface area contributed by atoms with Gasteiger partial charge in [-0.25, -0.2) is 0 Å². The lowest BCUT2D eigenvalue weighted by Gasteiger charge is -2.19. The van der Waals surface area contributed by atoms with Crippen LogP contribution in [0.4, 0.5) is 0 Å². The van der Waals surface area contributed by atoms with Crippen molar-refractivity contribution in [1.82, 2.24) is 5.32 Å². The standard InChI is InChI=1S/C34H59NO6/c1-5-8-11-14-17-20-23-39-30-26-29(33(36)35-28(4)34(37)38)27-31(40-24-21-18-15-12-9-6-2)32(30)41-25-22-19-16-13-10-7-3/h26-28H,5-25H2,1-4H3,(H,35,36)(H,37,38). The summed E-state index contributed by atoms with van der Waals surface area (Å²) in [4.78, 5) is 24.3. The first-order valence-electron chi connectivity index (χ1n) is 16.5. The van der Waals surface area contributed by atoms with Crippen LogP contribution in [0.1, 0.15) is 154 Å². The first kappa shape index (κ1) is 36.6. The van der Waals surface area contributed by atoms with E-state index in [1.165, 1.54) is 84.0 Å². The molecule has 0 fully saturated rings. The van der Waals surface area contributed by atoms with Gasteiger partial charge in [0.15, 0.2) is 11.5 Å². The number of aliphatic carboxylic acids is 1. The molecule has 0 bridgehead atoms. The quantitative estimate of drug-likeness (QED) is 0.101. The number of unbranched alkanes of at least 4 members (excludes halogenated alkanes) is 15. The molecule has 41 heavy (non-hydrogen) atoms. The zero-order valence-corrected chi connectivity index (χ0v) is 26.6. The highest BCUT2D eigenvalue weighted by atomic mass is 16.5. The lowest BCUT2D eigenvalue weighted by Crippen LogP contribution is -2.38. The smallest absolute Gasteiger partial charge is 0.325 e. The molecule has 1 aromatic carbocycles. The summed E-state index contributed by atoms with van der Waals surface area (Å²) in [6.07, 6.45) is 20.7. The lowest BCUT2D eigenvalue weighted by molar-refractivity contribution is -0.138. The molecule has 1 amide bonds. The van der Waals surface area contributed by atoms with Gasteiger partial charge in [0.05, 0.1) is 19.8 Å². The second-order valence-electron chi connectivity index (χ2n) is 11.2. The van der Waals surface area contributed by atoms with Crippen LogP contribution in [0.25, 0.3) is 0 Å². The van der Waals surface area contributed by atoms with E-state index in [9.17, 15) is 14.7 Å². The fourth-order valence-corrected chi connectivity index (χ4v) is 4.59. The minimum atomic E-state index is -1.09. The summed E-state index contributed by atoms with van der Waals surface area (Å²) in [7, 11) is 0. The molecule has 1 aromatic rings. The molecular formula is C34H59NO6. The van der Waals surface area contributed by atoms with Crippen molar-refractivity contribution in [3.05, 3.63) is 17.7 Å². The van der Waals surface area contributed by atoms with Gasteiger partial charge in [0.25, 0.3) is 5.91 Å². The predicted octanol–water partition coefficient (Wildman–Crippen LogP) is 9.11. The number of hydrogen-bond acceptors (Lipinski definition) is 5. The number of hydrogen-bond donors (Lipinski definition) is 2. The molecular weight excluding hydrogens is 518 g/mol. The van der Waals surface area contributed by atoms with Crippen LogP contribution in [-0.2, 0) is 4.79 Å². The maximum Gasteiger partial charge on any atom is 0.325 e. The molecule has 7 nitrogen and oxygen atoms in total. The Morgan fingerprint density at radius 3 is 1.39 bits per heavy atom. The SMILES string of the molecule is CCCCCCCCOc1cc(C(=O)NC(C)C(=O)O)cc(OCCCCCCCC)c1OCCCCCCCC. The second-order valence-corrected chi connectivity index (χ2v) is 11.2. The van der Waals surface area contributed by atoms with E-state index >= 15 is 0 Å². The largest absolute Gasteiger partial charge is 0.490 e.